The minimum atomic E-state index is 0.558. The number of hydrogen-bond donors (Lipinski definition) is 2. The van der Waals surface area contributed by atoms with E-state index in [1.807, 2.05) is 24.3 Å². The summed E-state index contributed by atoms with van der Waals surface area (Å²) in [6.07, 6.45) is 2.18. The van der Waals surface area contributed by atoms with Gasteiger partial charge in [-0.15, -0.1) is 0 Å². The van der Waals surface area contributed by atoms with Gasteiger partial charge in [0.1, 0.15) is 5.75 Å². The van der Waals surface area contributed by atoms with Gasteiger partial charge in [-0.1, -0.05) is 49.7 Å². The van der Waals surface area contributed by atoms with Crippen LogP contribution in [0.2, 0.25) is 0 Å². The molecule has 0 saturated carbocycles. The number of benzene rings is 2. The summed E-state index contributed by atoms with van der Waals surface area (Å²) < 4.78 is 5.21. The molecular formula is C19H24N2OS. The monoisotopic (exact) mass is 328 g/mol. The van der Waals surface area contributed by atoms with Gasteiger partial charge < -0.3 is 15.4 Å². The summed E-state index contributed by atoms with van der Waals surface area (Å²) in [7, 11) is 1.66. The van der Waals surface area contributed by atoms with Gasteiger partial charge in [-0.2, -0.15) is 0 Å². The third kappa shape index (κ3) is 5.91. The molecule has 0 spiro atoms. The highest BCUT2D eigenvalue weighted by molar-refractivity contribution is 7.80. The molecule has 0 heterocycles. The first-order valence-corrected chi connectivity index (χ1v) is 8.35. The smallest absolute Gasteiger partial charge is 0.170 e. The summed E-state index contributed by atoms with van der Waals surface area (Å²) in [4.78, 5) is 0. The molecular weight excluding hydrogens is 304 g/mol. The van der Waals surface area contributed by atoms with Gasteiger partial charge in [-0.05, 0) is 42.3 Å². The van der Waals surface area contributed by atoms with Crippen LogP contribution in [-0.4, -0.2) is 18.8 Å². The molecule has 0 radical (unpaired) electrons. The first-order chi connectivity index (χ1) is 11.2. The van der Waals surface area contributed by atoms with Gasteiger partial charge in [-0.25, -0.2) is 0 Å². The molecule has 0 amide bonds. The average Bonchev–Trinajstić information content (AvgIpc) is 2.59. The summed E-state index contributed by atoms with van der Waals surface area (Å²) in [5.74, 6) is 1.37. The molecule has 4 heteroatoms. The van der Waals surface area contributed by atoms with Crippen LogP contribution in [0, 0.1) is 5.92 Å². The molecule has 1 atom stereocenters. The fourth-order valence-corrected chi connectivity index (χ4v) is 2.62. The third-order valence-electron chi connectivity index (χ3n) is 3.82. The molecule has 23 heavy (non-hydrogen) atoms. The Labute approximate surface area is 144 Å². The number of hydrogen-bond acceptors (Lipinski definition) is 2. The van der Waals surface area contributed by atoms with Crippen molar-refractivity contribution in [3.63, 3.8) is 0 Å². The molecule has 0 bridgehead atoms. The highest BCUT2D eigenvalue weighted by Crippen LogP contribution is 2.16. The molecule has 0 fully saturated rings. The quantitative estimate of drug-likeness (QED) is 0.745. The maximum Gasteiger partial charge on any atom is 0.170 e. The predicted octanol–water partition coefficient (Wildman–Crippen LogP) is 4.25. The minimum absolute atomic E-state index is 0.558. The van der Waals surface area contributed by atoms with Crippen LogP contribution in [0.25, 0.3) is 0 Å². The van der Waals surface area contributed by atoms with Crippen LogP contribution in [0.4, 0.5) is 5.69 Å². The number of rotatable bonds is 7. The number of nitrogens with one attached hydrogen (secondary N) is 2. The Morgan fingerprint density at radius 1 is 1.13 bits per heavy atom. The molecule has 122 valence electrons. The molecule has 0 saturated heterocycles. The second-order valence-electron chi connectivity index (χ2n) is 5.53. The van der Waals surface area contributed by atoms with Crippen LogP contribution < -0.4 is 15.4 Å². The van der Waals surface area contributed by atoms with Gasteiger partial charge in [0.15, 0.2) is 5.11 Å². The molecule has 0 aliphatic heterocycles. The highest BCUT2D eigenvalue weighted by Gasteiger charge is 2.08. The van der Waals surface area contributed by atoms with E-state index in [2.05, 4.69) is 47.9 Å². The molecule has 2 aromatic rings. The lowest BCUT2D eigenvalue weighted by atomic mass is 9.97. The Bertz CT molecular complexity index is 616. The van der Waals surface area contributed by atoms with E-state index in [4.69, 9.17) is 17.0 Å². The molecule has 0 unspecified atom stereocenters. The number of ether oxygens (including phenoxy) is 1. The molecule has 0 aliphatic carbocycles. The van der Waals surface area contributed by atoms with Crippen LogP contribution in [0.15, 0.2) is 54.6 Å². The van der Waals surface area contributed by atoms with Crippen LogP contribution in [0.3, 0.4) is 0 Å². The zero-order chi connectivity index (χ0) is 16.5. The Morgan fingerprint density at radius 2 is 1.91 bits per heavy atom. The second kappa shape index (κ2) is 9.16. The first kappa shape index (κ1) is 17.3. The van der Waals surface area contributed by atoms with Crippen molar-refractivity contribution in [2.75, 3.05) is 19.0 Å². The lowest BCUT2D eigenvalue weighted by Crippen LogP contribution is -2.33. The van der Waals surface area contributed by atoms with E-state index in [9.17, 15) is 0 Å². The van der Waals surface area contributed by atoms with Crippen LogP contribution in [0.1, 0.15) is 18.9 Å². The fraction of sp³-hybridized carbons (Fsp3) is 0.316. The van der Waals surface area contributed by atoms with Gasteiger partial charge in [-0.3, -0.25) is 0 Å². The number of thiocarbonyl (C=S) groups is 1. The van der Waals surface area contributed by atoms with Crippen molar-refractivity contribution in [3.8, 4) is 5.75 Å². The second-order valence-corrected chi connectivity index (χ2v) is 5.94. The van der Waals surface area contributed by atoms with Crippen molar-refractivity contribution in [1.29, 1.82) is 0 Å². The summed E-state index contributed by atoms with van der Waals surface area (Å²) >= 11 is 5.38. The minimum Gasteiger partial charge on any atom is -0.497 e. The average molecular weight is 328 g/mol. The van der Waals surface area contributed by atoms with Crippen molar-refractivity contribution in [2.24, 2.45) is 5.92 Å². The molecule has 0 aliphatic rings. The van der Waals surface area contributed by atoms with E-state index in [0.717, 1.165) is 30.8 Å². The van der Waals surface area contributed by atoms with Gasteiger partial charge in [0.05, 0.1) is 7.11 Å². The van der Waals surface area contributed by atoms with Gasteiger partial charge in [0, 0.05) is 18.3 Å². The van der Waals surface area contributed by atoms with Crippen LogP contribution in [0.5, 0.6) is 5.75 Å². The molecule has 2 rings (SSSR count). The number of methoxy groups -OCH3 is 1. The van der Waals surface area contributed by atoms with Crippen molar-refractivity contribution < 1.29 is 4.74 Å². The van der Waals surface area contributed by atoms with Gasteiger partial charge in [0.25, 0.3) is 0 Å². The molecule has 3 nitrogen and oxygen atoms in total. The summed E-state index contributed by atoms with van der Waals surface area (Å²) in [6, 6.07) is 18.3. The van der Waals surface area contributed by atoms with Crippen molar-refractivity contribution in [1.82, 2.24) is 5.32 Å². The lowest BCUT2D eigenvalue weighted by Gasteiger charge is -2.18. The zero-order valence-electron chi connectivity index (χ0n) is 13.7. The maximum absolute atomic E-state index is 5.38. The Morgan fingerprint density at radius 3 is 2.61 bits per heavy atom. The van der Waals surface area contributed by atoms with Crippen LogP contribution >= 0.6 is 12.2 Å². The van der Waals surface area contributed by atoms with Crippen molar-refractivity contribution >= 4 is 23.0 Å². The first-order valence-electron chi connectivity index (χ1n) is 7.94. The number of anilines is 1. The topological polar surface area (TPSA) is 33.3 Å². The fourth-order valence-electron chi connectivity index (χ4n) is 2.42. The normalized spacial score (nSPS) is 11.6. The summed E-state index contributed by atoms with van der Waals surface area (Å²) in [5.41, 5.74) is 2.30. The summed E-state index contributed by atoms with van der Waals surface area (Å²) in [5, 5.41) is 7.16. The van der Waals surface area contributed by atoms with Gasteiger partial charge >= 0.3 is 0 Å². The predicted molar refractivity (Wildman–Crippen MR) is 101 cm³/mol. The van der Waals surface area contributed by atoms with E-state index in [-0.39, 0.29) is 0 Å². The van der Waals surface area contributed by atoms with Crippen LogP contribution in [-0.2, 0) is 6.42 Å². The van der Waals surface area contributed by atoms with E-state index >= 15 is 0 Å². The Balaban J connectivity index is 1.82. The third-order valence-corrected chi connectivity index (χ3v) is 4.07. The van der Waals surface area contributed by atoms with Crippen molar-refractivity contribution in [2.45, 2.75) is 19.8 Å². The highest BCUT2D eigenvalue weighted by atomic mass is 32.1. The van der Waals surface area contributed by atoms with Crippen molar-refractivity contribution in [3.05, 3.63) is 60.2 Å². The Kier molecular flexibility index (Phi) is 6.88. The maximum atomic E-state index is 5.38. The summed E-state index contributed by atoms with van der Waals surface area (Å²) in [6.45, 7) is 3.08. The largest absolute Gasteiger partial charge is 0.497 e. The standard InChI is InChI=1S/C19H24N2OS/c1-3-15(12-16-8-5-4-6-9-16)14-20-19(23)21-17-10-7-11-18(13-17)22-2/h4-11,13,15H,3,12,14H2,1-2H3,(H2,20,21,23)/t15-/m0/s1. The molecule has 2 N–H and O–H groups in total. The Hall–Kier alpha value is -2.07. The zero-order valence-corrected chi connectivity index (χ0v) is 14.5. The lowest BCUT2D eigenvalue weighted by molar-refractivity contribution is 0.415. The molecule has 2 aromatic carbocycles. The van der Waals surface area contributed by atoms with E-state index in [1.54, 1.807) is 7.11 Å². The van der Waals surface area contributed by atoms with E-state index in [1.165, 1.54) is 5.56 Å². The molecule has 0 aromatic heterocycles. The SMILES string of the molecule is CC[C@H](CNC(=S)Nc1cccc(OC)c1)Cc1ccccc1. The van der Waals surface area contributed by atoms with E-state index < -0.39 is 0 Å². The van der Waals surface area contributed by atoms with E-state index in [0.29, 0.717) is 11.0 Å². The van der Waals surface area contributed by atoms with Gasteiger partial charge in [0.2, 0.25) is 0 Å².